The topological polar surface area (TPSA) is 29.5 Å². The van der Waals surface area contributed by atoms with Crippen LogP contribution in [0.2, 0.25) is 0 Å². The molecule has 0 radical (unpaired) electrons. The molecule has 2 rings (SSSR count). The predicted molar refractivity (Wildman–Crippen MR) is 67.7 cm³/mol. The number of benzene rings is 1. The van der Waals surface area contributed by atoms with E-state index in [1.165, 1.54) is 0 Å². The summed E-state index contributed by atoms with van der Waals surface area (Å²) in [5.74, 6) is 1.33. The number of amides is 1. The van der Waals surface area contributed by atoms with Gasteiger partial charge in [-0.2, -0.15) is 0 Å². The van der Waals surface area contributed by atoms with Gasteiger partial charge in [0.25, 0.3) is 0 Å². The number of nitrogens with zero attached hydrogens (tertiary/aromatic N) is 1. The summed E-state index contributed by atoms with van der Waals surface area (Å²) in [7, 11) is 1.79. The molecule has 17 heavy (non-hydrogen) atoms. The maximum Gasteiger partial charge on any atom is 0.230 e. The average Bonchev–Trinajstić information content (AvgIpc) is 2.37. The lowest BCUT2D eigenvalue weighted by Gasteiger charge is -2.28. The molecule has 1 amide bonds. The standard InChI is InChI=1S/C13H16ClNO2/c1-15(8-7-14)13(16)11-6-9-17-12-5-3-2-4-10(11)12/h2-5,11H,6-9H2,1H3. The van der Waals surface area contributed by atoms with Gasteiger partial charge in [-0.3, -0.25) is 4.79 Å². The minimum atomic E-state index is -0.0897. The van der Waals surface area contributed by atoms with Crippen LogP contribution in [0.1, 0.15) is 17.9 Å². The van der Waals surface area contributed by atoms with Crippen molar-refractivity contribution in [3.8, 4) is 5.75 Å². The number of hydrogen-bond acceptors (Lipinski definition) is 2. The van der Waals surface area contributed by atoms with Crippen molar-refractivity contribution >= 4 is 17.5 Å². The molecule has 1 aromatic rings. The molecule has 1 heterocycles. The van der Waals surface area contributed by atoms with Crippen molar-refractivity contribution in [2.75, 3.05) is 26.1 Å². The first-order valence-corrected chi connectivity index (χ1v) is 6.30. The molecule has 0 aliphatic carbocycles. The second-order valence-electron chi connectivity index (χ2n) is 4.18. The summed E-state index contributed by atoms with van der Waals surface area (Å²) in [5, 5.41) is 0. The minimum Gasteiger partial charge on any atom is -0.493 e. The summed E-state index contributed by atoms with van der Waals surface area (Å²) < 4.78 is 5.55. The van der Waals surface area contributed by atoms with E-state index in [9.17, 15) is 4.79 Å². The van der Waals surface area contributed by atoms with Crippen LogP contribution in [0.4, 0.5) is 0 Å². The van der Waals surface area contributed by atoms with Crippen LogP contribution in [-0.4, -0.2) is 36.9 Å². The van der Waals surface area contributed by atoms with Crippen LogP contribution in [0.3, 0.4) is 0 Å². The van der Waals surface area contributed by atoms with E-state index in [0.29, 0.717) is 19.0 Å². The van der Waals surface area contributed by atoms with E-state index in [-0.39, 0.29) is 11.8 Å². The molecule has 0 bridgehead atoms. The van der Waals surface area contributed by atoms with Crippen molar-refractivity contribution in [3.63, 3.8) is 0 Å². The van der Waals surface area contributed by atoms with Gasteiger partial charge in [-0.05, 0) is 12.5 Å². The summed E-state index contributed by atoms with van der Waals surface area (Å²) >= 11 is 5.66. The van der Waals surface area contributed by atoms with Crippen LogP contribution in [-0.2, 0) is 4.79 Å². The van der Waals surface area contributed by atoms with E-state index in [0.717, 1.165) is 17.7 Å². The number of carbonyl (C=O) groups is 1. The van der Waals surface area contributed by atoms with E-state index in [1.807, 2.05) is 24.3 Å². The number of carbonyl (C=O) groups excluding carboxylic acids is 1. The number of alkyl halides is 1. The molecule has 1 aromatic carbocycles. The number of halogens is 1. The van der Waals surface area contributed by atoms with Crippen LogP contribution in [0.5, 0.6) is 5.75 Å². The smallest absolute Gasteiger partial charge is 0.230 e. The lowest BCUT2D eigenvalue weighted by Crippen LogP contribution is -2.35. The molecule has 4 heteroatoms. The first kappa shape index (κ1) is 12.2. The van der Waals surface area contributed by atoms with Gasteiger partial charge < -0.3 is 9.64 Å². The molecule has 1 aliphatic rings. The minimum absolute atomic E-state index is 0.0897. The van der Waals surface area contributed by atoms with Crippen LogP contribution in [0.15, 0.2) is 24.3 Å². The second-order valence-corrected chi connectivity index (χ2v) is 4.55. The van der Waals surface area contributed by atoms with Crippen LogP contribution < -0.4 is 4.74 Å². The highest BCUT2D eigenvalue weighted by molar-refractivity contribution is 6.18. The van der Waals surface area contributed by atoms with Crippen LogP contribution in [0.25, 0.3) is 0 Å². The molecule has 1 aliphatic heterocycles. The predicted octanol–water partition coefficient (Wildman–Crippen LogP) is 2.25. The fourth-order valence-corrected chi connectivity index (χ4v) is 2.36. The Balaban J connectivity index is 2.20. The summed E-state index contributed by atoms with van der Waals surface area (Å²) in [4.78, 5) is 14.0. The molecule has 0 saturated carbocycles. The van der Waals surface area contributed by atoms with Gasteiger partial charge in [-0.25, -0.2) is 0 Å². The summed E-state index contributed by atoms with van der Waals surface area (Å²) in [6.45, 7) is 1.18. The van der Waals surface area contributed by atoms with Gasteiger partial charge in [0, 0.05) is 25.0 Å². The third-order valence-electron chi connectivity index (χ3n) is 3.05. The van der Waals surface area contributed by atoms with Gasteiger partial charge in [-0.1, -0.05) is 18.2 Å². The van der Waals surface area contributed by atoms with Crippen LogP contribution in [0, 0.1) is 0 Å². The van der Waals surface area contributed by atoms with E-state index in [4.69, 9.17) is 16.3 Å². The van der Waals surface area contributed by atoms with Gasteiger partial charge in [0.05, 0.1) is 12.5 Å². The third-order valence-corrected chi connectivity index (χ3v) is 3.22. The van der Waals surface area contributed by atoms with E-state index in [2.05, 4.69) is 0 Å². The number of rotatable bonds is 3. The molecule has 0 N–H and O–H groups in total. The maximum absolute atomic E-state index is 12.3. The highest BCUT2D eigenvalue weighted by Gasteiger charge is 2.29. The van der Waals surface area contributed by atoms with Crippen molar-refractivity contribution in [1.29, 1.82) is 0 Å². The quantitative estimate of drug-likeness (QED) is 0.774. The normalized spacial score (nSPS) is 18.1. The Labute approximate surface area is 106 Å². The zero-order chi connectivity index (χ0) is 12.3. The van der Waals surface area contributed by atoms with Gasteiger partial charge in [-0.15, -0.1) is 11.6 Å². The van der Waals surface area contributed by atoms with Crippen molar-refractivity contribution in [3.05, 3.63) is 29.8 Å². The fraction of sp³-hybridized carbons (Fsp3) is 0.462. The van der Waals surface area contributed by atoms with Crippen molar-refractivity contribution in [2.24, 2.45) is 0 Å². The zero-order valence-electron chi connectivity index (χ0n) is 9.86. The van der Waals surface area contributed by atoms with Gasteiger partial charge >= 0.3 is 0 Å². The molecular formula is C13H16ClNO2. The Kier molecular flexibility index (Phi) is 3.89. The second kappa shape index (κ2) is 5.41. The largest absolute Gasteiger partial charge is 0.493 e. The SMILES string of the molecule is CN(CCCl)C(=O)C1CCOc2ccccc21. The molecule has 0 spiro atoms. The molecule has 3 nitrogen and oxygen atoms in total. The summed E-state index contributed by atoms with van der Waals surface area (Å²) in [5.41, 5.74) is 0.991. The Morgan fingerprint density at radius 2 is 2.29 bits per heavy atom. The number of hydrogen-bond donors (Lipinski definition) is 0. The van der Waals surface area contributed by atoms with Gasteiger partial charge in [0.15, 0.2) is 0 Å². The number of ether oxygens (including phenoxy) is 1. The molecule has 0 fully saturated rings. The first-order valence-electron chi connectivity index (χ1n) is 5.76. The Hall–Kier alpha value is -1.22. The summed E-state index contributed by atoms with van der Waals surface area (Å²) in [6, 6.07) is 7.74. The number of fused-ring (bicyclic) bond motifs is 1. The Morgan fingerprint density at radius 3 is 3.06 bits per heavy atom. The van der Waals surface area contributed by atoms with E-state index < -0.39 is 0 Å². The van der Waals surface area contributed by atoms with Crippen molar-refractivity contribution < 1.29 is 9.53 Å². The Bertz CT molecular complexity index is 408. The summed E-state index contributed by atoms with van der Waals surface area (Å²) in [6.07, 6.45) is 0.739. The number of likely N-dealkylation sites (N-methyl/N-ethyl adjacent to an activating group) is 1. The van der Waals surface area contributed by atoms with Crippen LogP contribution >= 0.6 is 11.6 Å². The van der Waals surface area contributed by atoms with Gasteiger partial charge in [0.1, 0.15) is 5.75 Å². The highest BCUT2D eigenvalue weighted by Crippen LogP contribution is 2.34. The lowest BCUT2D eigenvalue weighted by atomic mass is 9.92. The van der Waals surface area contributed by atoms with E-state index in [1.54, 1.807) is 11.9 Å². The highest BCUT2D eigenvalue weighted by atomic mass is 35.5. The average molecular weight is 254 g/mol. The monoisotopic (exact) mass is 253 g/mol. The van der Waals surface area contributed by atoms with Crippen molar-refractivity contribution in [1.82, 2.24) is 4.90 Å². The van der Waals surface area contributed by atoms with Crippen molar-refractivity contribution in [2.45, 2.75) is 12.3 Å². The Morgan fingerprint density at radius 1 is 1.53 bits per heavy atom. The molecule has 1 atom stereocenters. The molecule has 92 valence electrons. The molecule has 1 unspecified atom stereocenters. The van der Waals surface area contributed by atoms with Gasteiger partial charge in [0.2, 0.25) is 5.91 Å². The maximum atomic E-state index is 12.3. The molecule has 0 aromatic heterocycles. The van der Waals surface area contributed by atoms with E-state index >= 15 is 0 Å². The zero-order valence-corrected chi connectivity index (χ0v) is 10.6. The molecule has 0 saturated heterocycles. The number of para-hydroxylation sites is 1. The first-order chi connectivity index (χ1) is 8.24. The third kappa shape index (κ3) is 2.55. The molecular weight excluding hydrogens is 238 g/mol. The lowest BCUT2D eigenvalue weighted by molar-refractivity contribution is -0.131. The fourth-order valence-electron chi connectivity index (χ4n) is 2.10.